The minimum atomic E-state index is -0.503. The van der Waals surface area contributed by atoms with Crippen molar-refractivity contribution in [1.82, 2.24) is 4.90 Å². The van der Waals surface area contributed by atoms with Gasteiger partial charge in [-0.3, -0.25) is 10.1 Å². The van der Waals surface area contributed by atoms with E-state index >= 15 is 0 Å². The number of amides is 2. The zero-order valence-corrected chi connectivity index (χ0v) is 14.0. The van der Waals surface area contributed by atoms with Crippen molar-refractivity contribution in [1.29, 1.82) is 0 Å². The number of rotatable bonds is 5. The van der Waals surface area contributed by atoms with Gasteiger partial charge in [0.15, 0.2) is 0 Å². The summed E-state index contributed by atoms with van der Waals surface area (Å²) in [7, 11) is 0. The Kier molecular flexibility index (Phi) is 6.44. The van der Waals surface area contributed by atoms with Crippen molar-refractivity contribution >= 4 is 17.7 Å². The molecule has 1 aliphatic carbocycles. The third-order valence-corrected chi connectivity index (χ3v) is 4.25. The highest BCUT2D eigenvalue weighted by Crippen LogP contribution is 2.24. The van der Waals surface area contributed by atoms with E-state index in [1.807, 2.05) is 11.8 Å². The summed E-state index contributed by atoms with van der Waals surface area (Å²) < 4.78 is 4.86. The summed E-state index contributed by atoms with van der Waals surface area (Å²) >= 11 is 0. The SMILES string of the molecule is CCOC(=O)Nc1cccc(C(=O)N(CC)C2CCCCC2)c1. The Hall–Kier alpha value is -2.04. The topological polar surface area (TPSA) is 58.6 Å². The van der Waals surface area contributed by atoms with E-state index in [0.29, 0.717) is 30.4 Å². The van der Waals surface area contributed by atoms with Gasteiger partial charge in [-0.1, -0.05) is 25.3 Å². The molecule has 1 fully saturated rings. The molecule has 1 saturated carbocycles. The number of carbonyl (C=O) groups is 2. The molecule has 5 nitrogen and oxygen atoms in total. The van der Waals surface area contributed by atoms with Crippen LogP contribution in [0.4, 0.5) is 10.5 Å². The fourth-order valence-corrected chi connectivity index (χ4v) is 3.14. The Balaban J connectivity index is 2.09. The number of nitrogens with one attached hydrogen (secondary N) is 1. The zero-order chi connectivity index (χ0) is 16.7. The van der Waals surface area contributed by atoms with Crippen molar-refractivity contribution in [2.24, 2.45) is 0 Å². The van der Waals surface area contributed by atoms with Gasteiger partial charge in [-0.25, -0.2) is 4.79 Å². The molecule has 1 aromatic carbocycles. The third-order valence-electron chi connectivity index (χ3n) is 4.25. The van der Waals surface area contributed by atoms with Crippen molar-refractivity contribution < 1.29 is 14.3 Å². The van der Waals surface area contributed by atoms with Gasteiger partial charge in [0.25, 0.3) is 5.91 Å². The molecule has 0 radical (unpaired) electrons. The van der Waals surface area contributed by atoms with E-state index in [-0.39, 0.29) is 5.91 Å². The maximum Gasteiger partial charge on any atom is 0.411 e. The molecule has 0 heterocycles. The van der Waals surface area contributed by atoms with Crippen LogP contribution in [0.3, 0.4) is 0 Å². The molecule has 0 bridgehead atoms. The molecule has 5 heteroatoms. The van der Waals surface area contributed by atoms with Crippen LogP contribution in [0.25, 0.3) is 0 Å². The summed E-state index contributed by atoms with van der Waals surface area (Å²) in [5, 5.41) is 2.64. The van der Waals surface area contributed by atoms with Crippen LogP contribution in [-0.4, -0.2) is 36.1 Å². The number of nitrogens with zero attached hydrogens (tertiary/aromatic N) is 1. The molecule has 2 rings (SSSR count). The summed E-state index contributed by atoms with van der Waals surface area (Å²) in [6.45, 7) is 4.80. The van der Waals surface area contributed by atoms with Crippen LogP contribution in [0.15, 0.2) is 24.3 Å². The fraction of sp³-hybridized carbons (Fsp3) is 0.556. The van der Waals surface area contributed by atoms with Crippen LogP contribution in [0.2, 0.25) is 0 Å². The molecule has 0 aromatic heterocycles. The number of carbonyl (C=O) groups excluding carboxylic acids is 2. The van der Waals surface area contributed by atoms with Crippen molar-refractivity contribution in [3.8, 4) is 0 Å². The van der Waals surface area contributed by atoms with E-state index in [2.05, 4.69) is 5.32 Å². The number of hydrogen-bond acceptors (Lipinski definition) is 3. The summed E-state index contributed by atoms with van der Waals surface area (Å²) in [5.74, 6) is 0.0342. The largest absolute Gasteiger partial charge is 0.450 e. The van der Waals surface area contributed by atoms with Crippen molar-refractivity contribution in [2.75, 3.05) is 18.5 Å². The quantitative estimate of drug-likeness (QED) is 0.891. The lowest BCUT2D eigenvalue weighted by Gasteiger charge is -2.33. The molecule has 0 unspecified atom stereocenters. The summed E-state index contributed by atoms with van der Waals surface area (Å²) in [4.78, 5) is 26.3. The second-order valence-corrected chi connectivity index (χ2v) is 5.81. The van der Waals surface area contributed by atoms with Gasteiger partial charge in [0, 0.05) is 23.8 Å². The molecule has 0 saturated heterocycles. The molecule has 0 spiro atoms. The smallest absolute Gasteiger partial charge is 0.411 e. The van der Waals surface area contributed by atoms with Crippen LogP contribution in [0.1, 0.15) is 56.3 Å². The Morgan fingerprint density at radius 3 is 2.61 bits per heavy atom. The van der Waals surface area contributed by atoms with Crippen molar-refractivity contribution in [3.05, 3.63) is 29.8 Å². The highest BCUT2D eigenvalue weighted by atomic mass is 16.5. The number of anilines is 1. The predicted octanol–water partition coefficient (Wildman–Crippen LogP) is 4.05. The molecule has 2 amide bonds. The monoisotopic (exact) mass is 318 g/mol. The second-order valence-electron chi connectivity index (χ2n) is 5.81. The Morgan fingerprint density at radius 2 is 1.96 bits per heavy atom. The van der Waals surface area contributed by atoms with Crippen LogP contribution in [-0.2, 0) is 4.74 Å². The lowest BCUT2D eigenvalue weighted by Crippen LogP contribution is -2.41. The Bertz CT molecular complexity index is 539. The molecule has 23 heavy (non-hydrogen) atoms. The van der Waals surface area contributed by atoms with Gasteiger partial charge in [-0.15, -0.1) is 0 Å². The lowest BCUT2D eigenvalue weighted by molar-refractivity contribution is 0.0648. The van der Waals surface area contributed by atoms with Crippen LogP contribution >= 0.6 is 0 Å². The number of hydrogen-bond donors (Lipinski definition) is 1. The molecular formula is C18H26N2O3. The average Bonchev–Trinajstić information content (AvgIpc) is 2.57. The van der Waals surface area contributed by atoms with Gasteiger partial charge >= 0.3 is 6.09 Å². The van der Waals surface area contributed by atoms with E-state index < -0.39 is 6.09 Å². The van der Waals surface area contributed by atoms with E-state index in [1.165, 1.54) is 19.3 Å². The second kappa shape index (κ2) is 8.56. The van der Waals surface area contributed by atoms with Gasteiger partial charge in [0.2, 0.25) is 0 Å². The van der Waals surface area contributed by atoms with E-state index in [9.17, 15) is 9.59 Å². The van der Waals surface area contributed by atoms with Gasteiger partial charge < -0.3 is 9.64 Å². The summed E-state index contributed by atoms with van der Waals surface area (Å²) in [5.41, 5.74) is 1.18. The minimum absolute atomic E-state index is 0.0342. The normalized spacial score (nSPS) is 15.0. The number of ether oxygens (including phenoxy) is 1. The first-order chi connectivity index (χ1) is 11.2. The van der Waals surface area contributed by atoms with Crippen molar-refractivity contribution in [3.63, 3.8) is 0 Å². The Morgan fingerprint density at radius 1 is 1.22 bits per heavy atom. The first-order valence-corrected chi connectivity index (χ1v) is 8.50. The summed E-state index contributed by atoms with van der Waals surface area (Å²) in [6, 6.07) is 7.38. The number of benzene rings is 1. The van der Waals surface area contributed by atoms with Gasteiger partial charge in [0.1, 0.15) is 0 Å². The maximum absolute atomic E-state index is 12.8. The molecule has 0 aliphatic heterocycles. The highest BCUT2D eigenvalue weighted by molar-refractivity contribution is 5.96. The van der Waals surface area contributed by atoms with Crippen LogP contribution in [0, 0.1) is 0 Å². The van der Waals surface area contributed by atoms with Crippen molar-refractivity contribution in [2.45, 2.75) is 52.0 Å². The first-order valence-electron chi connectivity index (χ1n) is 8.50. The molecule has 126 valence electrons. The zero-order valence-electron chi connectivity index (χ0n) is 14.0. The first kappa shape index (κ1) is 17.3. The minimum Gasteiger partial charge on any atom is -0.450 e. The van der Waals surface area contributed by atoms with Crippen LogP contribution < -0.4 is 5.32 Å². The highest BCUT2D eigenvalue weighted by Gasteiger charge is 2.25. The average molecular weight is 318 g/mol. The van der Waals surface area contributed by atoms with Gasteiger partial charge in [-0.2, -0.15) is 0 Å². The van der Waals surface area contributed by atoms with E-state index in [1.54, 1.807) is 31.2 Å². The fourth-order valence-electron chi connectivity index (χ4n) is 3.14. The molecular weight excluding hydrogens is 292 g/mol. The van der Waals surface area contributed by atoms with E-state index in [0.717, 1.165) is 12.8 Å². The van der Waals surface area contributed by atoms with Gasteiger partial charge in [-0.05, 0) is 44.9 Å². The Labute approximate surface area is 138 Å². The maximum atomic E-state index is 12.8. The molecule has 0 atom stereocenters. The molecule has 1 aliphatic rings. The molecule has 1 aromatic rings. The van der Waals surface area contributed by atoms with Gasteiger partial charge in [0.05, 0.1) is 6.61 Å². The molecule has 1 N–H and O–H groups in total. The van der Waals surface area contributed by atoms with E-state index in [4.69, 9.17) is 4.74 Å². The standard InChI is InChI=1S/C18H26N2O3/c1-3-20(16-11-6-5-7-12-16)17(21)14-9-8-10-15(13-14)19-18(22)23-4-2/h8-10,13,16H,3-7,11-12H2,1-2H3,(H,19,22). The third kappa shape index (κ3) is 4.71. The predicted molar refractivity (Wildman–Crippen MR) is 90.7 cm³/mol. The summed E-state index contributed by atoms with van der Waals surface area (Å²) in [6.07, 6.45) is 5.32. The van der Waals surface area contributed by atoms with Crippen LogP contribution in [0.5, 0.6) is 0 Å². The lowest BCUT2D eigenvalue weighted by atomic mass is 9.93.